The molecule has 0 aromatic heterocycles. The van der Waals surface area contributed by atoms with E-state index >= 15 is 0 Å². The first kappa shape index (κ1) is 17.4. The highest BCUT2D eigenvalue weighted by Gasteiger charge is 2.29. The Morgan fingerprint density at radius 2 is 1.64 bits per heavy atom. The number of ether oxygens (including phenoxy) is 2. The van der Waals surface area contributed by atoms with E-state index in [1.807, 2.05) is 59.5 Å². The summed E-state index contributed by atoms with van der Waals surface area (Å²) in [5.74, 6) is 2.60. The number of hydrogen-bond acceptors (Lipinski definition) is 4. The molecule has 0 aliphatic carbocycles. The number of hydrogen-bond donors (Lipinski definition) is 0. The van der Waals surface area contributed by atoms with Gasteiger partial charge in [-0.2, -0.15) is 0 Å². The zero-order valence-electron chi connectivity index (χ0n) is 14.3. The third-order valence-electron chi connectivity index (χ3n) is 4.11. The number of rotatable bonds is 5. The molecule has 0 bridgehead atoms. The fourth-order valence-electron chi connectivity index (χ4n) is 2.72. The molecule has 0 spiro atoms. The minimum Gasteiger partial charge on any atom is -0.497 e. The molecule has 2 aromatic carbocycles. The van der Waals surface area contributed by atoms with Crippen molar-refractivity contribution in [3.05, 3.63) is 65.7 Å². The highest BCUT2D eigenvalue weighted by atomic mass is 32.2. The second-order valence-corrected chi connectivity index (χ2v) is 6.82. The van der Waals surface area contributed by atoms with E-state index in [0.29, 0.717) is 0 Å². The smallest absolute Gasteiger partial charge is 0.247 e. The molecule has 4 nitrogen and oxygen atoms in total. The van der Waals surface area contributed by atoms with E-state index < -0.39 is 0 Å². The Morgan fingerprint density at radius 3 is 2.24 bits per heavy atom. The summed E-state index contributed by atoms with van der Waals surface area (Å²) in [6.07, 6.45) is 3.49. The predicted octanol–water partition coefficient (Wildman–Crippen LogP) is 3.99. The molecule has 25 heavy (non-hydrogen) atoms. The highest BCUT2D eigenvalue weighted by Crippen LogP contribution is 2.38. The maximum absolute atomic E-state index is 12.6. The number of carbonyl (C=O) groups excluding carboxylic acids is 1. The third-order valence-corrected chi connectivity index (χ3v) is 5.37. The van der Waals surface area contributed by atoms with Gasteiger partial charge in [0.2, 0.25) is 5.91 Å². The minimum absolute atomic E-state index is 0.0293. The fourth-order valence-corrected chi connectivity index (χ4v) is 3.98. The summed E-state index contributed by atoms with van der Waals surface area (Å²) in [6.45, 7) is 0.757. The summed E-state index contributed by atoms with van der Waals surface area (Å²) < 4.78 is 10.3. The number of carbonyl (C=O) groups is 1. The maximum atomic E-state index is 12.6. The Balaban J connectivity index is 1.70. The molecule has 0 N–H and O–H groups in total. The molecule has 0 saturated carbocycles. The van der Waals surface area contributed by atoms with Crippen LogP contribution in [0.3, 0.4) is 0 Å². The lowest BCUT2D eigenvalue weighted by Crippen LogP contribution is -2.28. The van der Waals surface area contributed by atoms with Gasteiger partial charge in [-0.25, -0.2) is 0 Å². The van der Waals surface area contributed by atoms with Crippen LogP contribution in [-0.2, 0) is 4.79 Å². The van der Waals surface area contributed by atoms with Crippen molar-refractivity contribution in [2.75, 3.05) is 26.5 Å². The monoisotopic (exact) mass is 355 g/mol. The number of methoxy groups -OCH3 is 2. The molecule has 1 heterocycles. The van der Waals surface area contributed by atoms with Crippen molar-refractivity contribution in [1.82, 2.24) is 4.90 Å². The number of thioether (sulfide) groups is 1. The first-order chi connectivity index (χ1) is 12.2. The molecule has 1 aliphatic rings. The topological polar surface area (TPSA) is 38.8 Å². The molecule has 130 valence electrons. The lowest BCUT2D eigenvalue weighted by Gasteiger charge is -2.23. The number of amides is 1. The predicted molar refractivity (Wildman–Crippen MR) is 102 cm³/mol. The zero-order chi connectivity index (χ0) is 17.6. The van der Waals surface area contributed by atoms with Crippen LogP contribution in [0.5, 0.6) is 11.5 Å². The summed E-state index contributed by atoms with van der Waals surface area (Å²) in [6, 6.07) is 15.6. The van der Waals surface area contributed by atoms with E-state index in [9.17, 15) is 4.79 Å². The fraction of sp³-hybridized carbons (Fsp3) is 0.250. The van der Waals surface area contributed by atoms with Gasteiger partial charge in [-0.15, -0.1) is 11.8 Å². The van der Waals surface area contributed by atoms with Crippen molar-refractivity contribution < 1.29 is 14.3 Å². The average Bonchev–Trinajstić information content (AvgIpc) is 3.16. The second kappa shape index (κ2) is 8.12. The molecule has 1 unspecified atom stereocenters. The highest BCUT2D eigenvalue weighted by molar-refractivity contribution is 7.99. The quantitative estimate of drug-likeness (QED) is 0.760. The Labute approximate surface area is 152 Å². The van der Waals surface area contributed by atoms with Gasteiger partial charge in [-0.1, -0.05) is 24.3 Å². The molecular formula is C20H21NO3S. The van der Waals surface area contributed by atoms with E-state index in [1.165, 1.54) is 0 Å². The van der Waals surface area contributed by atoms with Gasteiger partial charge in [0.05, 0.1) is 14.2 Å². The van der Waals surface area contributed by atoms with Gasteiger partial charge in [0.25, 0.3) is 0 Å². The molecule has 3 rings (SSSR count). The average molecular weight is 355 g/mol. The van der Waals surface area contributed by atoms with Crippen LogP contribution in [0, 0.1) is 0 Å². The van der Waals surface area contributed by atoms with Crippen LogP contribution >= 0.6 is 11.8 Å². The van der Waals surface area contributed by atoms with Crippen molar-refractivity contribution in [3.8, 4) is 11.5 Å². The summed E-state index contributed by atoms with van der Waals surface area (Å²) in [7, 11) is 3.29. The van der Waals surface area contributed by atoms with Gasteiger partial charge < -0.3 is 14.4 Å². The van der Waals surface area contributed by atoms with Crippen molar-refractivity contribution >= 4 is 23.7 Å². The summed E-state index contributed by atoms with van der Waals surface area (Å²) in [5.41, 5.74) is 2.09. The van der Waals surface area contributed by atoms with Crippen molar-refractivity contribution in [2.45, 2.75) is 5.37 Å². The minimum atomic E-state index is 0.0293. The molecule has 1 saturated heterocycles. The molecule has 1 fully saturated rings. The Kier molecular flexibility index (Phi) is 5.66. The molecule has 5 heteroatoms. The molecule has 0 radical (unpaired) electrons. The second-order valence-electron chi connectivity index (χ2n) is 5.63. The molecule has 2 aromatic rings. The van der Waals surface area contributed by atoms with Gasteiger partial charge >= 0.3 is 0 Å². The number of benzene rings is 2. The Morgan fingerprint density at radius 1 is 1.04 bits per heavy atom. The van der Waals surface area contributed by atoms with E-state index in [-0.39, 0.29) is 11.3 Å². The summed E-state index contributed by atoms with van der Waals surface area (Å²) >= 11 is 1.79. The van der Waals surface area contributed by atoms with Crippen molar-refractivity contribution in [3.63, 3.8) is 0 Å². The van der Waals surface area contributed by atoms with Crippen molar-refractivity contribution in [1.29, 1.82) is 0 Å². The van der Waals surface area contributed by atoms with E-state index in [1.54, 1.807) is 32.1 Å². The van der Waals surface area contributed by atoms with E-state index in [0.717, 1.165) is 34.9 Å². The van der Waals surface area contributed by atoms with Gasteiger partial charge in [-0.05, 0) is 41.5 Å². The molecule has 1 amide bonds. The van der Waals surface area contributed by atoms with Gasteiger partial charge in [0.1, 0.15) is 16.9 Å². The van der Waals surface area contributed by atoms with Crippen LogP contribution in [0.4, 0.5) is 0 Å². The van der Waals surface area contributed by atoms with Crippen LogP contribution in [0.2, 0.25) is 0 Å². The van der Waals surface area contributed by atoms with Gasteiger partial charge in [-0.3, -0.25) is 4.79 Å². The largest absolute Gasteiger partial charge is 0.497 e. The summed E-state index contributed by atoms with van der Waals surface area (Å²) in [4.78, 5) is 14.5. The van der Waals surface area contributed by atoms with E-state index in [2.05, 4.69) is 0 Å². The van der Waals surface area contributed by atoms with Crippen LogP contribution in [0.25, 0.3) is 6.08 Å². The summed E-state index contributed by atoms with van der Waals surface area (Å²) in [5, 5.41) is 0.0546. The van der Waals surface area contributed by atoms with Crippen LogP contribution in [0.15, 0.2) is 54.6 Å². The molecular weight excluding hydrogens is 334 g/mol. The molecule has 1 atom stereocenters. The zero-order valence-corrected chi connectivity index (χ0v) is 15.2. The van der Waals surface area contributed by atoms with Crippen LogP contribution in [-0.4, -0.2) is 37.3 Å². The van der Waals surface area contributed by atoms with E-state index in [4.69, 9.17) is 9.47 Å². The van der Waals surface area contributed by atoms with Crippen molar-refractivity contribution in [2.24, 2.45) is 0 Å². The third kappa shape index (κ3) is 4.17. The lowest BCUT2D eigenvalue weighted by atomic mass is 10.2. The van der Waals surface area contributed by atoms with Gasteiger partial charge in [0, 0.05) is 18.4 Å². The normalized spacial score (nSPS) is 17.0. The van der Waals surface area contributed by atoms with Crippen LogP contribution in [0.1, 0.15) is 16.5 Å². The SMILES string of the molecule is COc1ccc(/C=C/C(=O)N2CCSC2c2ccc(OC)cc2)cc1. The Hall–Kier alpha value is -2.40. The number of nitrogens with zero attached hydrogens (tertiary/aromatic N) is 1. The molecule has 1 aliphatic heterocycles. The standard InChI is InChI=1S/C20H21NO3S/c1-23-17-8-3-15(4-9-17)5-12-19(22)21-13-14-25-20(21)16-6-10-18(24-2)11-7-16/h3-12,20H,13-14H2,1-2H3/b12-5+. The first-order valence-corrected chi connectivity index (χ1v) is 9.14. The first-order valence-electron chi connectivity index (χ1n) is 8.09. The lowest BCUT2D eigenvalue weighted by molar-refractivity contribution is -0.126. The van der Waals surface area contributed by atoms with Gasteiger partial charge in [0.15, 0.2) is 0 Å². The maximum Gasteiger partial charge on any atom is 0.247 e. The Bertz CT molecular complexity index is 741. The van der Waals surface area contributed by atoms with Crippen LogP contribution < -0.4 is 9.47 Å².